The molecule has 9 nitrogen and oxygen atoms in total. The molecule has 10 heteroatoms. The van der Waals surface area contributed by atoms with Crippen LogP contribution in [0.4, 0.5) is 0 Å². The van der Waals surface area contributed by atoms with Crippen molar-refractivity contribution in [3.05, 3.63) is 60.2 Å². The molecule has 3 heterocycles. The van der Waals surface area contributed by atoms with Crippen LogP contribution >= 0.6 is 0 Å². The van der Waals surface area contributed by atoms with Crippen LogP contribution in [-0.4, -0.2) is 52.0 Å². The molecule has 0 radical (unpaired) electrons. The van der Waals surface area contributed by atoms with Crippen molar-refractivity contribution in [2.24, 2.45) is 0 Å². The molecule has 0 unspecified atom stereocenters. The van der Waals surface area contributed by atoms with Crippen LogP contribution in [0.15, 0.2) is 43.0 Å². The van der Waals surface area contributed by atoms with Gasteiger partial charge in [0.05, 0.1) is 35.8 Å². The minimum atomic E-state index is -3.28. The van der Waals surface area contributed by atoms with Gasteiger partial charge in [-0.05, 0) is 38.0 Å². The number of rotatable bonds is 9. The molecular formula is C25H29N5O4S. The highest BCUT2D eigenvalue weighted by Gasteiger charge is 2.42. The van der Waals surface area contributed by atoms with Crippen molar-refractivity contribution in [3.63, 3.8) is 0 Å². The van der Waals surface area contributed by atoms with Crippen molar-refractivity contribution < 1.29 is 17.9 Å². The summed E-state index contributed by atoms with van der Waals surface area (Å²) in [6.07, 6.45) is 12.0. The smallest absolute Gasteiger partial charge is 0.232 e. The Kier molecular flexibility index (Phi) is 7.49. The first-order valence-electron chi connectivity index (χ1n) is 11.7. The minimum Gasteiger partial charge on any atom is -0.477 e. The number of hydrogen-bond acceptors (Lipinski definition) is 9. The second-order valence-corrected chi connectivity index (χ2v) is 11.0. The van der Waals surface area contributed by atoms with Crippen molar-refractivity contribution in [2.75, 3.05) is 12.9 Å². The summed E-state index contributed by atoms with van der Waals surface area (Å²) in [7, 11) is -3.28. The maximum absolute atomic E-state index is 13.7. The first-order chi connectivity index (χ1) is 16.8. The van der Waals surface area contributed by atoms with Crippen LogP contribution in [0.25, 0.3) is 11.3 Å². The molecule has 0 aromatic carbocycles. The van der Waals surface area contributed by atoms with Gasteiger partial charge in [-0.15, -0.1) is 0 Å². The van der Waals surface area contributed by atoms with E-state index in [0.717, 1.165) is 31.1 Å². The number of sulfone groups is 1. The lowest BCUT2D eigenvalue weighted by Crippen LogP contribution is -2.40. The molecule has 1 fully saturated rings. The van der Waals surface area contributed by atoms with E-state index in [9.17, 15) is 13.2 Å². The normalized spacial score (nSPS) is 15.5. The van der Waals surface area contributed by atoms with Gasteiger partial charge >= 0.3 is 0 Å². The van der Waals surface area contributed by atoms with E-state index in [1.165, 1.54) is 0 Å². The molecular weight excluding hydrogens is 466 g/mol. The van der Waals surface area contributed by atoms with Crippen LogP contribution in [0.1, 0.15) is 56.2 Å². The number of ketones is 1. The Morgan fingerprint density at radius 3 is 2.51 bits per heavy atom. The fourth-order valence-electron chi connectivity index (χ4n) is 4.52. The van der Waals surface area contributed by atoms with Crippen LogP contribution < -0.4 is 4.74 Å². The molecule has 35 heavy (non-hydrogen) atoms. The molecule has 0 amide bonds. The molecule has 4 rings (SSSR count). The van der Waals surface area contributed by atoms with Gasteiger partial charge in [0.2, 0.25) is 5.88 Å². The van der Waals surface area contributed by atoms with Crippen molar-refractivity contribution in [3.8, 4) is 17.1 Å². The summed E-state index contributed by atoms with van der Waals surface area (Å²) in [5.74, 6) is 0.463. The average molecular weight is 496 g/mol. The van der Waals surface area contributed by atoms with Gasteiger partial charge in [0.1, 0.15) is 11.6 Å². The summed E-state index contributed by atoms with van der Waals surface area (Å²) >= 11 is 0. The van der Waals surface area contributed by atoms with Gasteiger partial charge in [-0.2, -0.15) is 0 Å². The van der Waals surface area contributed by atoms with E-state index in [1.54, 1.807) is 30.9 Å². The number of aromatic nitrogens is 5. The molecule has 0 N–H and O–H groups in total. The molecule has 3 aromatic rings. The Labute approximate surface area is 205 Å². The molecule has 0 spiro atoms. The summed E-state index contributed by atoms with van der Waals surface area (Å²) in [6.45, 7) is 2.38. The van der Waals surface area contributed by atoms with Crippen LogP contribution in [0, 0.1) is 0 Å². The van der Waals surface area contributed by atoms with Gasteiger partial charge in [-0.1, -0.05) is 19.3 Å². The molecule has 1 aliphatic carbocycles. The van der Waals surface area contributed by atoms with Gasteiger partial charge in [-0.25, -0.2) is 23.4 Å². The highest BCUT2D eigenvalue weighted by Crippen LogP contribution is 2.40. The monoisotopic (exact) mass is 495 g/mol. The molecule has 0 atom stereocenters. The van der Waals surface area contributed by atoms with Crippen molar-refractivity contribution in [1.29, 1.82) is 0 Å². The summed E-state index contributed by atoms with van der Waals surface area (Å²) in [4.78, 5) is 35.5. The molecule has 1 aliphatic rings. The van der Waals surface area contributed by atoms with E-state index >= 15 is 0 Å². The Balaban J connectivity index is 1.57. The van der Waals surface area contributed by atoms with E-state index in [0.29, 0.717) is 42.4 Å². The summed E-state index contributed by atoms with van der Waals surface area (Å²) in [5.41, 5.74) is 1.93. The van der Waals surface area contributed by atoms with Crippen LogP contribution in [0.2, 0.25) is 0 Å². The topological polar surface area (TPSA) is 125 Å². The highest BCUT2D eigenvalue weighted by molar-refractivity contribution is 7.89. The summed E-state index contributed by atoms with van der Waals surface area (Å²) in [6, 6.07) is 5.45. The Morgan fingerprint density at radius 2 is 1.83 bits per heavy atom. The number of hydrogen-bond donors (Lipinski definition) is 0. The molecule has 0 saturated heterocycles. The third-order valence-corrected chi connectivity index (χ3v) is 6.98. The molecule has 184 valence electrons. The second kappa shape index (κ2) is 10.6. The molecule has 1 saturated carbocycles. The van der Waals surface area contributed by atoms with Gasteiger partial charge in [0.15, 0.2) is 15.6 Å². The van der Waals surface area contributed by atoms with E-state index in [2.05, 4.69) is 24.9 Å². The van der Waals surface area contributed by atoms with Crippen LogP contribution in [0.5, 0.6) is 5.88 Å². The average Bonchev–Trinajstić information content (AvgIpc) is 2.84. The van der Waals surface area contributed by atoms with Gasteiger partial charge in [-0.3, -0.25) is 14.8 Å². The zero-order valence-electron chi connectivity index (χ0n) is 20.0. The fraction of sp³-hybridized carbons (Fsp3) is 0.440. The predicted octanol–water partition coefficient (Wildman–Crippen LogP) is 3.29. The zero-order chi connectivity index (χ0) is 24.9. The molecule has 0 aliphatic heterocycles. The first-order valence-corrected chi connectivity index (χ1v) is 13.8. The third-order valence-electron chi connectivity index (χ3n) is 6.19. The Hall–Kier alpha value is -3.27. The van der Waals surface area contributed by atoms with E-state index in [4.69, 9.17) is 4.74 Å². The van der Waals surface area contributed by atoms with Crippen molar-refractivity contribution >= 4 is 15.6 Å². The lowest BCUT2D eigenvalue weighted by molar-refractivity contribution is -0.125. The van der Waals surface area contributed by atoms with E-state index < -0.39 is 15.3 Å². The number of pyridine rings is 1. The maximum atomic E-state index is 13.7. The zero-order valence-corrected chi connectivity index (χ0v) is 20.8. The highest BCUT2D eigenvalue weighted by atomic mass is 32.2. The van der Waals surface area contributed by atoms with Crippen molar-refractivity contribution in [2.45, 2.75) is 56.6 Å². The van der Waals surface area contributed by atoms with E-state index in [-0.39, 0.29) is 23.8 Å². The molecule has 0 bridgehead atoms. The van der Waals surface area contributed by atoms with Gasteiger partial charge < -0.3 is 4.74 Å². The number of nitrogens with zero attached hydrogens (tertiary/aromatic N) is 5. The summed E-state index contributed by atoms with van der Waals surface area (Å²) < 4.78 is 28.9. The first kappa shape index (κ1) is 24.8. The van der Waals surface area contributed by atoms with Crippen molar-refractivity contribution in [1.82, 2.24) is 24.9 Å². The number of carbonyl (C=O) groups excluding carboxylic acids is 1. The Bertz CT molecular complexity index is 1290. The lowest BCUT2D eigenvalue weighted by atomic mass is 9.68. The lowest BCUT2D eigenvalue weighted by Gasteiger charge is -2.35. The van der Waals surface area contributed by atoms with E-state index in [1.807, 2.05) is 19.1 Å². The number of ether oxygens (including phenoxy) is 1. The largest absolute Gasteiger partial charge is 0.477 e. The minimum absolute atomic E-state index is 0.0413. The number of Topliss-reactive ketones (excluding diaryl/α,β-unsaturated/α-hetero) is 1. The van der Waals surface area contributed by atoms with Crippen LogP contribution in [0.3, 0.4) is 0 Å². The second-order valence-electron chi connectivity index (χ2n) is 8.88. The summed E-state index contributed by atoms with van der Waals surface area (Å²) in [5, 5.41) is 0. The van der Waals surface area contributed by atoms with Gasteiger partial charge in [0, 0.05) is 36.3 Å². The standard InChI is InChI=1S/C25H29N5O4S/c1-3-34-24-16-26-15-20(29-24)18-7-8-19(28-14-18)13-22(31)25(10-5-4-6-11-25)21-9-12-27-23(30-21)17-35(2,32)33/h7-9,12,14-16H,3-6,10-11,13,17H2,1-2H3. The van der Waals surface area contributed by atoms with Gasteiger partial charge in [0.25, 0.3) is 0 Å². The van der Waals surface area contributed by atoms with Crippen LogP contribution in [-0.2, 0) is 32.2 Å². The fourth-order valence-corrected chi connectivity index (χ4v) is 5.13. The predicted molar refractivity (Wildman–Crippen MR) is 130 cm³/mol. The third kappa shape index (κ3) is 6.05. The number of carbonyl (C=O) groups is 1. The SMILES string of the molecule is CCOc1cncc(-c2ccc(CC(=O)C3(c4ccnc(CS(C)(=O)=O)n4)CCCCC3)nc2)n1. The quantitative estimate of drug-likeness (QED) is 0.439. The maximum Gasteiger partial charge on any atom is 0.232 e. The molecule has 3 aromatic heterocycles. The Morgan fingerprint density at radius 1 is 1.03 bits per heavy atom.